The Labute approximate surface area is 233 Å². The first-order valence-electron chi connectivity index (χ1n) is 14.2. The third-order valence-corrected chi connectivity index (χ3v) is 8.32. The van der Waals surface area contributed by atoms with Gasteiger partial charge in [-0.3, -0.25) is 14.4 Å². The standard InChI is InChI=1S/C30H38N2O8/c1-19(30(35)36)17-23(18-20-7-9-22(10-8-20)21-5-3-2-4-6-21)31-28(33)15-16-29(34)39-26-13-11-25-24(26)12-14-27(25)40-32(37)38/h3,5-10,19,23-27H,2,4,11-18H2,1H3,(H,31,33)(H,35,36)/t19?,23-,24?,25?,26?,27+/m0/s1. The van der Waals surface area contributed by atoms with Crippen molar-refractivity contribution in [3.8, 4) is 0 Å². The van der Waals surface area contributed by atoms with E-state index < -0.39 is 35.1 Å². The molecule has 0 radical (unpaired) electrons. The number of nitrogens with one attached hydrogen (secondary N) is 1. The van der Waals surface area contributed by atoms with Gasteiger partial charge in [0.15, 0.2) is 0 Å². The van der Waals surface area contributed by atoms with Crippen LogP contribution in [0, 0.1) is 27.9 Å². The molecule has 0 saturated heterocycles. The third-order valence-electron chi connectivity index (χ3n) is 8.32. The fourth-order valence-corrected chi connectivity index (χ4v) is 6.29. The van der Waals surface area contributed by atoms with Crippen LogP contribution >= 0.6 is 0 Å². The number of hydrogen-bond acceptors (Lipinski definition) is 7. The SMILES string of the molecule is CC(C[C@@H](Cc1ccc(C2=CCCC=C2)cc1)NC(=O)CCC(=O)OC1CCC2C1CC[C@H]2O[N+](=O)[O-])C(=O)O. The number of benzene rings is 1. The summed E-state index contributed by atoms with van der Waals surface area (Å²) in [6, 6.07) is 7.67. The lowest BCUT2D eigenvalue weighted by Crippen LogP contribution is -2.39. The number of ether oxygens (including phenoxy) is 1. The number of carboxylic acid groups (broad SMARTS) is 1. The van der Waals surface area contributed by atoms with Gasteiger partial charge in [-0.25, -0.2) is 0 Å². The predicted molar refractivity (Wildman–Crippen MR) is 146 cm³/mol. The van der Waals surface area contributed by atoms with Crippen LogP contribution in [0.4, 0.5) is 0 Å². The highest BCUT2D eigenvalue weighted by molar-refractivity contribution is 5.81. The van der Waals surface area contributed by atoms with Crippen molar-refractivity contribution in [3.05, 3.63) is 63.7 Å². The molecule has 3 aliphatic rings. The molecular formula is C30H38N2O8. The number of allylic oxidation sites excluding steroid dienone is 4. The highest BCUT2D eigenvalue weighted by Crippen LogP contribution is 2.46. The number of carboxylic acids is 1. The van der Waals surface area contributed by atoms with Gasteiger partial charge in [-0.2, -0.15) is 0 Å². The summed E-state index contributed by atoms with van der Waals surface area (Å²) >= 11 is 0. The van der Waals surface area contributed by atoms with Gasteiger partial charge < -0.3 is 20.0 Å². The fourth-order valence-electron chi connectivity index (χ4n) is 6.29. The average Bonchev–Trinajstić information content (AvgIpc) is 3.51. The minimum atomic E-state index is -0.929. The predicted octanol–water partition coefficient (Wildman–Crippen LogP) is 4.65. The monoisotopic (exact) mass is 554 g/mol. The molecule has 2 saturated carbocycles. The summed E-state index contributed by atoms with van der Waals surface area (Å²) in [5, 5.41) is 22.3. The molecule has 1 aromatic rings. The number of fused-ring (bicyclic) bond motifs is 1. The van der Waals surface area contributed by atoms with Crippen LogP contribution in [0.1, 0.15) is 75.8 Å². The van der Waals surface area contributed by atoms with Gasteiger partial charge in [-0.1, -0.05) is 49.4 Å². The summed E-state index contributed by atoms with van der Waals surface area (Å²) < 4.78 is 5.66. The molecule has 3 aliphatic carbocycles. The average molecular weight is 555 g/mol. The Kier molecular flexibility index (Phi) is 9.95. The van der Waals surface area contributed by atoms with Gasteiger partial charge in [-0.05, 0) is 74.0 Å². The van der Waals surface area contributed by atoms with E-state index in [1.165, 1.54) is 5.57 Å². The highest BCUT2D eigenvalue weighted by atomic mass is 17.0. The zero-order valence-corrected chi connectivity index (χ0v) is 22.8. The van der Waals surface area contributed by atoms with Gasteiger partial charge >= 0.3 is 11.9 Å². The van der Waals surface area contributed by atoms with Crippen LogP contribution in [0.15, 0.2) is 42.5 Å². The second-order valence-corrected chi connectivity index (χ2v) is 11.2. The summed E-state index contributed by atoms with van der Waals surface area (Å²) in [5.74, 6) is -2.33. The van der Waals surface area contributed by atoms with Crippen LogP contribution in [0.5, 0.6) is 0 Å². The molecule has 1 amide bonds. The number of nitrogens with zero attached hydrogens (tertiary/aromatic N) is 1. The Bertz CT molecular complexity index is 1140. The van der Waals surface area contributed by atoms with E-state index in [9.17, 15) is 29.6 Å². The van der Waals surface area contributed by atoms with E-state index in [1.807, 2.05) is 24.3 Å². The van der Waals surface area contributed by atoms with Crippen molar-refractivity contribution >= 4 is 23.4 Å². The van der Waals surface area contributed by atoms with Crippen molar-refractivity contribution < 1.29 is 34.2 Å². The number of amides is 1. The first kappa shape index (κ1) is 29.3. The first-order chi connectivity index (χ1) is 19.2. The van der Waals surface area contributed by atoms with Gasteiger partial charge in [0.05, 0.1) is 12.3 Å². The van der Waals surface area contributed by atoms with E-state index in [0.29, 0.717) is 32.1 Å². The smallest absolute Gasteiger partial charge is 0.306 e. The minimum Gasteiger partial charge on any atom is -0.481 e. The maximum atomic E-state index is 12.8. The van der Waals surface area contributed by atoms with Crippen molar-refractivity contribution in [2.24, 2.45) is 17.8 Å². The van der Waals surface area contributed by atoms with Crippen LogP contribution in [0.25, 0.3) is 5.57 Å². The van der Waals surface area contributed by atoms with Crippen LogP contribution in [-0.4, -0.2) is 46.3 Å². The number of aliphatic carboxylic acids is 1. The quantitative estimate of drug-likeness (QED) is 0.204. The van der Waals surface area contributed by atoms with Crippen molar-refractivity contribution in [3.63, 3.8) is 0 Å². The normalized spacial score (nSPS) is 24.9. The zero-order valence-electron chi connectivity index (χ0n) is 22.8. The summed E-state index contributed by atoms with van der Waals surface area (Å²) in [5.41, 5.74) is 3.28. The van der Waals surface area contributed by atoms with Crippen molar-refractivity contribution in [2.45, 2.75) is 89.4 Å². The van der Waals surface area contributed by atoms with E-state index in [4.69, 9.17) is 9.57 Å². The molecule has 10 heteroatoms. The topological polar surface area (TPSA) is 145 Å². The minimum absolute atomic E-state index is 0.00778. The maximum Gasteiger partial charge on any atom is 0.306 e. The lowest BCUT2D eigenvalue weighted by Gasteiger charge is -2.22. The molecule has 2 fully saturated rings. The second kappa shape index (κ2) is 13.6. The molecule has 0 bridgehead atoms. The maximum absolute atomic E-state index is 12.8. The van der Waals surface area contributed by atoms with Gasteiger partial charge in [-0.15, -0.1) is 10.1 Å². The van der Waals surface area contributed by atoms with E-state index in [0.717, 1.165) is 24.0 Å². The van der Waals surface area contributed by atoms with Crippen LogP contribution < -0.4 is 5.32 Å². The Morgan fingerprint density at radius 2 is 1.75 bits per heavy atom. The Morgan fingerprint density at radius 1 is 1.05 bits per heavy atom. The fraction of sp³-hybridized carbons (Fsp3) is 0.567. The van der Waals surface area contributed by atoms with Gasteiger partial charge in [0.1, 0.15) is 12.2 Å². The number of carbonyl (C=O) groups is 3. The molecule has 6 atom stereocenters. The van der Waals surface area contributed by atoms with Gasteiger partial charge in [0.25, 0.3) is 5.09 Å². The molecular weight excluding hydrogens is 516 g/mol. The molecule has 0 heterocycles. The molecule has 4 unspecified atom stereocenters. The molecule has 2 N–H and O–H groups in total. The first-order valence-corrected chi connectivity index (χ1v) is 14.2. The molecule has 216 valence electrons. The van der Waals surface area contributed by atoms with Crippen LogP contribution in [0.3, 0.4) is 0 Å². The molecule has 1 aromatic carbocycles. The van der Waals surface area contributed by atoms with E-state index in [2.05, 4.69) is 23.5 Å². The van der Waals surface area contributed by atoms with E-state index >= 15 is 0 Å². The van der Waals surface area contributed by atoms with Crippen LogP contribution in [-0.2, 0) is 30.4 Å². The van der Waals surface area contributed by atoms with Crippen LogP contribution in [0.2, 0.25) is 0 Å². The van der Waals surface area contributed by atoms with E-state index in [-0.39, 0.29) is 43.1 Å². The van der Waals surface area contributed by atoms with E-state index in [1.54, 1.807) is 6.92 Å². The van der Waals surface area contributed by atoms with Crippen molar-refractivity contribution in [2.75, 3.05) is 0 Å². The lowest BCUT2D eigenvalue weighted by atomic mass is 9.94. The molecule has 10 nitrogen and oxygen atoms in total. The summed E-state index contributed by atoms with van der Waals surface area (Å²) in [6.07, 6.45) is 11.0. The number of hydrogen-bond donors (Lipinski definition) is 2. The summed E-state index contributed by atoms with van der Waals surface area (Å²) in [6.45, 7) is 1.61. The van der Waals surface area contributed by atoms with Gasteiger partial charge in [0.2, 0.25) is 5.91 Å². The molecule has 40 heavy (non-hydrogen) atoms. The third kappa shape index (κ3) is 7.92. The molecule has 0 aromatic heterocycles. The molecule has 0 spiro atoms. The summed E-state index contributed by atoms with van der Waals surface area (Å²) in [7, 11) is 0. The number of esters is 1. The number of carbonyl (C=O) groups excluding carboxylic acids is 2. The van der Waals surface area contributed by atoms with Gasteiger partial charge in [0, 0.05) is 18.4 Å². The molecule has 0 aliphatic heterocycles. The second-order valence-electron chi connectivity index (χ2n) is 11.2. The highest BCUT2D eigenvalue weighted by Gasteiger charge is 2.48. The van der Waals surface area contributed by atoms with Crippen molar-refractivity contribution in [1.82, 2.24) is 5.32 Å². The summed E-state index contributed by atoms with van der Waals surface area (Å²) in [4.78, 5) is 52.3. The zero-order chi connectivity index (χ0) is 28.6. The number of rotatable bonds is 13. The molecule has 4 rings (SSSR count). The largest absolute Gasteiger partial charge is 0.481 e. The van der Waals surface area contributed by atoms with Crippen molar-refractivity contribution in [1.29, 1.82) is 0 Å². The lowest BCUT2D eigenvalue weighted by molar-refractivity contribution is -0.770. The Morgan fingerprint density at radius 3 is 2.40 bits per heavy atom. The Balaban J connectivity index is 1.27. The Hall–Kier alpha value is -3.69.